The molecule has 0 aromatic carbocycles. The van der Waals surface area contributed by atoms with Gasteiger partial charge in [0, 0.05) is 58.2 Å². The summed E-state index contributed by atoms with van der Waals surface area (Å²) in [4.78, 5) is 57.8. The van der Waals surface area contributed by atoms with E-state index in [1.165, 1.54) is 0 Å². The topological polar surface area (TPSA) is 164 Å². The quantitative estimate of drug-likeness (QED) is 0.119. The lowest BCUT2D eigenvalue weighted by Crippen LogP contribution is -2.27. The van der Waals surface area contributed by atoms with Crippen molar-refractivity contribution in [2.45, 2.75) is 85.0 Å². The number of carboxylic acids is 2. The molecule has 5 rings (SSSR count). The molecule has 0 saturated carbocycles. The molecule has 5 heterocycles. The number of unbranched alkanes of at least 4 members (excludes halogenated alkanes) is 1. The number of aromatic nitrogens is 4. The molecule has 0 aliphatic carbocycles. The van der Waals surface area contributed by atoms with E-state index in [9.17, 15) is 24.6 Å². The summed E-state index contributed by atoms with van der Waals surface area (Å²) in [5.74, 6) is -2.94. The van der Waals surface area contributed by atoms with E-state index in [0.29, 0.717) is 40.1 Å². The van der Waals surface area contributed by atoms with Crippen LogP contribution in [0.15, 0.2) is 30.9 Å². The van der Waals surface area contributed by atoms with Crippen LogP contribution in [0, 0.1) is 13.8 Å². The van der Waals surface area contributed by atoms with Crippen molar-refractivity contribution in [3.05, 3.63) is 81.4 Å². The zero-order chi connectivity index (χ0) is 37.1. The number of carbonyl (C=O) groups excluding carboxylic acids is 1. The maximum Gasteiger partial charge on any atom is 0.338 e. The molecule has 5 N–H and O–H groups in total. The van der Waals surface area contributed by atoms with Crippen LogP contribution in [0.3, 0.4) is 0 Å². The summed E-state index contributed by atoms with van der Waals surface area (Å²) in [5, 5.41) is 23.4. The molecule has 1 amide bonds. The first-order chi connectivity index (χ1) is 24.2. The van der Waals surface area contributed by atoms with Crippen molar-refractivity contribution in [1.29, 1.82) is 0 Å². The van der Waals surface area contributed by atoms with Crippen molar-refractivity contribution in [2.24, 2.45) is 0 Å². The van der Waals surface area contributed by atoms with Gasteiger partial charge in [-0.15, -0.1) is 0 Å². The standard InChI is InChI=1S/C40H50N6O5/c1-9-25-21(3)29-18-31-23(5)27(13-14-36(48)49)38(44-31)28(17-35(47)41-15-11-12-16-46(7)8)39-37(40(50)51)24(6)32(45-39)20-34-26(10-2)22(4)30(43-34)19-33(25)42-29/h9,18-20,23,27,43,45H,1,10-17H2,2-8H3,(H,41,47)(H,48,49)(H,50,51). The van der Waals surface area contributed by atoms with Gasteiger partial charge in [-0.05, 0) is 108 Å². The normalized spacial score (nSPS) is 15.8. The molecule has 0 spiro atoms. The highest BCUT2D eigenvalue weighted by atomic mass is 16.4. The zero-order valence-electron chi connectivity index (χ0n) is 30.8. The van der Waals surface area contributed by atoms with Gasteiger partial charge in [-0.25, -0.2) is 9.78 Å². The molecule has 0 saturated heterocycles. The van der Waals surface area contributed by atoms with E-state index in [1.807, 2.05) is 46.1 Å². The molecule has 11 heteroatoms. The Labute approximate surface area is 298 Å². The number of aromatic amines is 2. The SMILES string of the molecule is C=CC1=C(C)c2cc3nc(c(CC(=O)NCCCCN(C)C)c4[nH]c(cc5[nH]c(cc1n2)c(C)c5CC)c(C)c4C(=O)O)C(CCC(=O)O)C3C. The number of rotatable bonds is 13. The highest BCUT2D eigenvalue weighted by Crippen LogP contribution is 2.43. The number of nitrogens with one attached hydrogen (secondary N) is 3. The lowest BCUT2D eigenvalue weighted by molar-refractivity contribution is -0.137. The molecule has 2 aliphatic heterocycles. The number of fused-ring (bicyclic) bond motifs is 8. The van der Waals surface area contributed by atoms with Crippen molar-refractivity contribution < 1.29 is 24.6 Å². The fraction of sp³-hybridized carbons (Fsp3) is 0.425. The van der Waals surface area contributed by atoms with Crippen molar-refractivity contribution in [3.63, 3.8) is 0 Å². The van der Waals surface area contributed by atoms with Gasteiger partial charge in [0.05, 0.1) is 34.6 Å². The molecular formula is C40H50N6O5. The average Bonchev–Trinajstić information content (AvgIpc) is 3.75. The molecular weight excluding hydrogens is 644 g/mol. The van der Waals surface area contributed by atoms with Gasteiger partial charge in [0.2, 0.25) is 5.91 Å². The largest absolute Gasteiger partial charge is 0.481 e. The molecule has 2 atom stereocenters. The molecule has 3 aromatic heterocycles. The highest BCUT2D eigenvalue weighted by Gasteiger charge is 2.34. The van der Waals surface area contributed by atoms with Crippen molar-refractivity contribution >= 4 is 51.1 Å². The third-order valence-electron chi connectivity index (χ3n) is 10.3. The van der Waals surface area contributed by atoms with Crippen LogP contribution in [0.25, 0.3) is 33.2 Å². The zero-order valence-corrected chi connectivity index (χ0v) is 30.8. The number of aromatic carboxylic acids is 1. The van der Waals surface area contributed by atoms with E-state index in [4.69, 9.17) is 9.97 Å². The predicted octanol–water partition coefficient (Wildman–Crippen LogP) is 7.06. The van der Waals surface area contributed by atoms with E-state index in [0.717, 1.165) is 70.5 Å². The van der Waals surface area contributed by atoms with Gasteiger partial charge in [-0.3, -0.25) is 14.6 Å². The molecule has 51 heavy (non-hydrogen) atoms. The van der Waals surface area contributed by atoms with Crippen LogP contribution in [0.1, 0.15) is 114 Å². The van der Waals surface area contributed by atoms with Crippen LogP contribution < -0.4 is 5.32 Å². The maximum atomic E-state index is 13.7. The minimum absolute atomic E-state index is 0.0608. The molecule has 3 aromatic rings. The van der Waals surface area contributed by atoms with Crippen LogP contribution >= 0.6 is 0 Å². The minimum atomic E-state index is -1.13. The molecule has 11 nitrogen and oxygen atoms in total. The summed E-state index contributed by atoms with van der Waals surface area (Å²) in [5.41, 5.74) is 10.4. The van der Waals surface area contributed by atoms with Gasteiger partial charge in [0.25, 0.3) is 0 Å². The number of carbonyl (C=O) groups is 3. The van der Waals surface area contributed by atoms with E-state index in [1.54, 1.807) is 13.0 Å². The summed E-state index contributed by atoms with van der Waals surface area (Å²) in [7, 11) is 4.01. The number of aryl methyl sites for hydroxylation is 3. The number of carboxylic acid groups (broad SMARTS) is 2. The van der Waals surface area contributed by atoms with Crippen LogP contribution in [-0.4, -0.2) is 80.1 Å². The van der Waals surface area contributed by atoms with Gasteiger partial charge in [0.15, 0.2) is 0 Å². The fourth-order valence-corrected chi connectivity index (χ4v) is 7.38. The Bertz CT molecular complexity index is 2090. The smallest absolute Gasteiger partial charge is 0.338 e. The predicted molar refractivity (Wildman–Crippen MR) is 202 cm³/mol. The molecule has 2 aliphatic rings. The van der Waals surface area contributed by atoms with Crippen LogP contribution in [0.4, 0.5) is 0 Å². The van der Waals surface area contributed by atoms with Crippen LogP contribution in [0.5, 0.6) is 0 Å². The number of H-pyrrole nitrogens is 2. The highest BCUT2D eigenvalue weighted by molar-refractivity contribution is 6.03. The van der Waals surface area contributed by atoms with E-state index < -0.39 is 11.9 Å². The molecule has 2 unspecified atom stereocenters. The number of hydrogen-bond donors (Lipinski definition) is 5. The molecule has 8 bridgehead atoms. The Morgan fingerprint density at radius 2 is 1.69 bits per heavy atom. The number of nitrogens with zero attached hydrogens (tertiary/aromatic N) is 3. The van der Waals surface area contributed by atoms with E-state index >= 15 is 0 Å². The molecule has 0 radical (unpaired) electrons. The lowest BCUT2D eigenvalue weighted by Gasteiger charge is -2.17. The third-order valence-corrected chi connectivity index (χ3v) is 10.3. The number of amides is 1. The first kappa shape index (κ1) is 37.2. The second kappa shape index (κ2) is 15.5. The van der Waals surface area contributed by atoms with Gasteiger partial charge in [-0.2, -0.15) is 0 Å². The molecule has 270 valence electrons. The van der Waals surface area contributed by atoms with Gasteiger partial charge >= 0.3 is 11.9 Å². The fourth-order valence-electron chi connectivity index (χ4n) is 7.38. The number of hydrogen-bond acceptors (Lipinski definition) is 6. The Morgan fingerprint density at radius 1 is 0.961 bits per heavy atom. The average molecular weight is 695 g/mol. The van der Waals surface area contributed by atoms with E-state index in [2.05, 4.69) is 40.6 Å². The van der Waals surface area contributed by atoms with Gasteiger partial charge < -0.3 is 30.4 Å². The Balaban J connectivity index is 1.88. The van der Waals surface area contributed by atoms with Crippen LogP contribution in [-0.2, 0) is 22.4 Å². The second-order valence-corrected chi connectivity index (χ2v) is 14.0. The maximum absolute atomic E-state index is 13.7. The first-order valence-electron chi connectivity index (χ1n) is 17.7. The number of aliphatic carboxylic acids is 1. The molecule has 0 fully saturated rings. The monoisotopic (exact) mass is 694 g/mol. The second-order valence-electron chi connectivity index (χ2n) is 14.0. The van der Waals surface area contributed by atoms with Crippen LogP contribution in [0.2, 0.25) is 0 Å². The Hall–Kier alpha value is -5.03. The first-order valence-corrected chi connectivity index (χ1v) is 17.7. The summed E-state index contributed by atoms with van der Waals surface area (Å²) in [6, 6.07) is 5.88. The summed E-state index contributed by atoms with van der Waals surface area (Å²) >= 11 is 0. The summed E-state index contributed by atoms with van der Waals surface area (Å²) < 4.78 is 0. The van der Waals surface area contributed by atoms with Gasteiger partial charge in [0.1, 0.15) is 0 Å². The van der Waals surface area contributed by atoms with Crippen molar-refractivity contribution in [3.8, 4) is 0 Å². The number of allylic oxidation sites excluding steroid dienone is 3. The van der Waals surface area contributed by atoms with E-state index in [-0.39, 0.29) is 42.6 Å². The minimum Gasteiger partial charge on any atom is -0.481 e. The third kappa shape index (κ3) is 7.68. The summed E-state index contributed by atoms with van der Waals surface area (Å²) in [6.45, 7) is 15.4. The van der Waals surface area contributed by atoms with Crippen molar-refractivity contribution in [2.75, 3.05) is 27.2 Å². The van der Waals surface area contributed by atoms with Crippen molar-refractivity contribution in [1.82, 2.24) is 30.2 Å². The Morgan fingerprint density at radius 3 is 2.33 bits per heavy atom. The lowest BCUT2D eigenvalue weighted by atomic mass is 9.85. The van der Waals surface area contributed by atoms with Gasteiger partial charge in [-0.1, -0.05) is 26.5 Å². The Kier molecular flexibility index (Phi) is 11.3. The summed E-state index contributed by atoms with van der Waals surface area (Å²) in [6.07, 6.45) is 4.28.